The molecule has 150 valence electrons. The van der Waals surface area contributed by atoms with Crippen molar-refractivity contribution in [2.45, 2.75) is 19.3 Å². The van der Waals surface area contributed by atoms with Crippen LogP contribution in [0.5, 0.6) is 5.75 Å². The molecule has 5 nitrogen and oxygen atoms in total. The first-order valence-electron chi connectivity index (χ1n) is 10.2. The van der Waals surface area contributed by atoms with E-state index in [1.54, 1.807) is 7.11 Å². The Kier molecular flexibility index (Phi) is 7.31. The number of nitrogens with one attached hydrogen (secondary N) is 1. The smallest absolute Gasteiger partial charge is 0.227 e. The van der Waals surface area contributed by atoms with Crippen LogP contribution < -0.4 is 15.0 Å². The summed E-state index contributed by atoms with van der Waals surface area (Å²) in [6.45, 7) is 7.56. The van der Waals surface area contributed by atoms with Crippen molar-refractivity contribution in [1.29, 1.82) is 0 Å². The van der Waals surface area contributed by atoms with Crippen molar-refractivity contribution in [2.24, 2.45) is 0 Å². The third-order valence-electron chi connectivity index (χ3n) is 5.45. The van der Waals surface area contributed by atoms with Crippen LogP contribution in [-0.2, 0) is 4.79 Å². The van der Waals surface area contributed by atoms with Gasteiger partial charge >= 0.3 is 0 Å². The molecule has 1 atom stereocenters. The Bertz CT molecular complexity index is 743. The molecule has 2 aromatic carbocycles. The lowest BCUT2D eigenvalue weighted by molar-refractivity contribution is -0.122. The van der Waals surface area contributed by atoms with Crippen LogP contribution in [0.3, 0.4) is 0 Å². The van der Waals surface area contributed by atoms with Gasteiger partial charge in [0.15, 0.2) is 0 Å². The SMILES string of the molecule is CCC(C(=O)NCCN1CCN(c2ccccc2OC)CC1)c1ccccc1. The van der Waals surface area contributed by atoms with Crippen LogP contribution in [0.25, 0.3) is 0 Å². The minimum atomic E-state index is -0.0661. The highest BCUT2D eigenvalue weighted by Gasteiger charge is 2.21. The van der Waals surface area contributed by atoms with Gasteiger partial charge in [-0.2, -0.15) is 0 Å². The van der Waals surface area contributed by atoms with Crippen LogP contribution in [0.15, 0.2) is 54.6 Å². The van der Waals surface area contributed by atoms with Crippen LogP contribution in [0, 0.1) is 0 Å². The Balaban J connectivity index is 1.44. The number of ether oxygens (including phenoxy) is 1. The van der Waals surface area contributed by atoms with Gasteiger partial charge in [0.05, 0.1) is 18.7 Å². The number of rotatable bonds is 8. The summed E-state index contributed by atoms with van der Waals surface area (Å²) in [6, 6.07) is 18.2. The van der Waals surface area contributed by atoms with E-state index in [0.717, 1.165) is 56.1 Å². The number of hydrogen-bond acceptors (Lipinski definition) is 4. The summed E-state index contributed by atoms with van der Waals surface area (Å²) in [7, 11) is 1.72. The summed E-state index contributed by atoms with van der Waals surface area (Å²) in [6.07, 6.45) is 0.813. The van der Waals surface area contributed by atoms with Gasteiger partial charge in [-0.15, -0.1) is 0 Å². The minimum absolute atomic E-state index is 0.0661. The summed E-state index contributed by atoms with van der Waals surface area (Å²) >= 11 is 0. The fourth-order valence-corrected chi connectivity index (χ4v) is 3.82. The number of carbonyl (C=O) groups is 1. The number of nitrogens with zero attached hydrogens (tertiary/aromatic N) is 2. The fourth-order valence-electron chi connectivity index (χ4n) is 3.82. The highest BCUT2D eigenvalue weighted by molar-refractivity contribution is 5.83. The van der Waals surface area contributed by atoms with Gasteiger partial charge in [0.25, 0.3) is 0 Å². The molecule has 0 saturated carbocycles. The van der Waals surface area contributed by atoms with Crippen molar-refractivity contribution in [1.82, 2.24) is 10.2 Å². The zero-order chi connectivity index (χ0) is 19.8. The maximum Gasteiger partial charge on any atom is 0.227 e. The molecule has 1 aliphatic rings. The van der Waals surface area contributed by atoms with Crippen molar-refractivity contribution in [3.63, 3.8) is 0 Å². The standard InChI is InChI=1S/C23H31N3O2/c1-3-20(19-9-5-4-6-10-19)23(27)24-13-14-25-15-17-26(18-16-25)21-11-7-8-12-22(21)28-2/h4-12,20H,3,13-18H2,1-2H3,(H,24,27). The van der Waals surface area contributed by atoms with Gasteiger partial charge in [-0.25, -0.2) is 0 Å². The van der Waals surface area contributed by atoms with E-state index >= 15 is 0 Å². The number of carbonyl (C=O) groups excluding carboxylic acids is 1. The number of hydrogen-bond donors (Lipinski definition) is 1. The molecule has 1 amide bonds. The molecule has 1 fully saturated rings. The Hall–Kier alpha value is -2.53. The average molecular weight is 382 g/mol. The van der Waals surface area contributed by atoms with E-state index in [9.17, 15) is 4.79 Å². The lowest BCUT2D eigenvalue weighted by atomic mass is 9.96. The monoisotopic (exact) mass is 381 g/mol. The minimum Gasteiger partial charge on any atom is -0.495 e. The Morgan fingerprint density at radius 2 is 1.71 bits per heavy atom. The van der Waals surface area contributed by atoms with Crippen molar-refractivity contribution < 1.29 is 9.53 Å². The van der Waals surface area contributed by atoms with Crippen molar-refractivity contribution in [2.75, 3.05) is 51.3 Å². The average Bonchev–Trinajstić information content (AvgIpc) is 2.75. The van der Waals surface area contributed by atoms with Gasteiger partial charge < -0.3 is 15.0 Å². The molecular weight excluding hydrogens is 350 g/mol. The van der Waals surface area contributed by atoms with E-state index < -0.39 is 0 Å². The maximum atomic E-state index is 12.6. The summed E-state index contributed by atoms with van der Waals surface area (Å²) in [5.41, 5.74) is 2.25. The normalized spacial score (nSPS) is 15.9. The van der Waals surface area contributed by atoms with E-state index in [2.05, 4.69) is 34.2 Å². The molecule has 1 N–H and O–H groups in total. The fraction of sp³-hybridized carbons (Fsp3) is 0.435. The van der Waals surface area contributed by atoms with Crippen LogP contribution in [0.1, 0.15) is 24.8 Å². The van der Waals surface area contributed by atoms with Crippen molar-refractivity contribution in [3.05, 3.63) is 60.2 Å². The largest absolute Gasteiger partial charge is 0.495 e. The number of benzene rings is 2. The van der Waals surface area contributed by atoms with Crippen LogP contribution in [-0.4, -0.2) is 57.2 Å². The molecule has 5 heteroatoms. The predicted octanol–water partition coefficient (Wildman–Crippen LogP) is 3.13. The molecule has 1 saturated heterocycles. The second-order valence-corrected chi connectivity index (χ2v) is 7.16. The maximum absolute atomic E-state index is 12.6. The summed E-state index contributed by atoms with van der Waals surface area (Å²) in [4.78, 5) is 17.4. The molecule has 0 spiro atoms. The molecule has 2 aromatic rings. The van der Waals surface area contributed by atoms with Crippen LogP contribution in [0.2, 0.25) is 0 Å². The Morgan fingerprint density at radius 1 is 1.04 bits per heavy atom. The molecular formula is C23H31N3O2. The summed E-state index contributed by atoms with van der Waals surface area (Å²) in [5.74, 6) is 0.986. The van der Waals surface area contributed by atoms with E-state index in [-0.39, 0.29) is 11.8 Å². The van der Waals surface area contributed by atoms with Gasteiger partial charge in [-0.05, 0) is 24.1 Å². The molecule has 1 heterocycles. The first-order chi connectivity index (χ1) is 13.7. The number of methoxy groups -OCH3 is 1. The number of anilines is 1. The van der Waals surface area contributed by atoms with Gasteiger partial charge in [-0.3, -0.25) is 9.69 Å². The van der Waals surface area contributed by atoms with Gasteiger partial charge in [0, 0.05) is 39.3 Å². The first kappa shape index (κ1) is 20.2. The van der Waals surface area contributed by atoms with E-state index in [1.165, 1.54) is 0 Å². The molecule has 0 aromatic heterocycles. The van der Waals surface area contributed by atoms with E-state index in [4.69, 9.17) is 4.74 Å². The number of para-hydroxylation sites is 2. The third kappa shape index (κ3) is 5.04. The molecule has 0 radical (unpaired) electrons. The number of amides is 1. The summed E-state index contributed by atoms with van der Waals surface area (Å²) < 4.78 is 5.48. The summed E-state index contributed by atoms with van der Waals surface area (Å²) in [5, 5.41) is 3.13. The zero-order valence-electron chi connectivity index (χ0n) is 16.9. The first-order valence-corrected chi connectivity index (χ1v) is 10.2. The number of piperazine rings is 1. The molecule has 3 rings (SSSR count). The lowest BCUT2D eigenvalue weighted by Gasteiger charge is -2.36. The van der Waals surface area contributed by atoms with Crippen LogP contribution >= 0.6 is 0 Å². The molecule has 28 heavy (non-hydrogen) atoms. The van der Waals surface area contributed by atoms with Crippen molar-refractivity contribution in [3.8, 4) is 5.75 Å². The van der Waals surface area contributed by atoms with E-state index in [1.807, 2.05) is 42.5 Å². The topological polar surface area (TPSA) is 44.8 Å². The second-order valence-electron chi connectivity index (χ2n) is 7.16. The second kappa shape index (κ2) is 10.1. The quantitative estimate of drug-likeness (QED) is 0.763. The van der Waals surface area contributed by atoms with Gasteiger partial charge in [0.2, 0.25) is 5.91 Å². The highest BCUT2D eigenvalue weighted by Crippen LogP contribution is 2.28. The molecule has 0 aliphatic carbocycles. The molecule has 0 bridgehead atoms. The van der Waals surface area contributed by atoms with Gasteiger partial charge in [0.1, 0.15) is 5.75 Å². The van der Waals surface area contributed by atoms with Gasteiger partial charge in [-0.1, -0.05) is 49.4 Å². The lowest BCUT2D eigenvalue weighted by Crippen LogP contribution is -2.48. The predicted molar refractivity (Wildman–Crippen MR) is 114 cm³/mol. The Morgan fingerprint density at radius 3 is 2.39 bits per heavy atom. The Labute approximate surface area is 168 Å². The zero-order valence-corrected chi connectivity index (χ0v) is 16.9. The third-order valence-corrected chi connectivity index (χ3v) is 5.45. The van der Waals surface area contributed by atoms with Crippen LogP contribution in [0.4, 0.5) is 5.69 Å². The van der Waals surface area contributed by atoms with Crippen molar-refractivity contribution >= 4 is 11.6 Å². The molecule has 1 unspecified atom stereocenters. The molecule has 1 aliphatic heterocycles. The van der Waals surface area contributed by atoms with E-state index in [0.29, 0.717) is 6.54 Å². The highest BCUT2D eigenvalue weighted by atomic mass is 16.5.